The summed E-state index contributed by atoms with van der Waals surface area (Å²) in [6.07, 6.45) is 4.66. The van der Waals surface area contributed by atoms with Crippen LogP contribution in [0.2, 0.25) is 5.02 Å². The first-order chi connectivity index (χ1) is 9.16. The first-order valence-corrected chi connectivity index (χ1v) is 6.71. The van der Waals surface area contributed by atoms with Crippen molar-refractivity contribution in [2.45, 2.75) is 9.92 Å². The quantitative estimate of drug-likeness (QED) is 0.878. The number of benzene rings is 1. The minimum Gasteiger partial charge on any atom is -0.366 e. The van der Waals surface area contributed by atoms with Gasteiger partial charge in [0, 0.05) is 22.7 Å². The van der Waals surface area contributed by atoms with Gasteiger partial charge in [-0.25, -0.2) is 4.98 Å². The van der Waals surface area contributed by atoms with Crippen molar-refractivity contribution in [1.82, 2.24) is 4.98 Å². The lowest BCUT2D eigenvalue weighted by molar-refractivity contribution is -0.113. The molecule has 2 rings (SSSR count). The predicted octanol–water partition coefficient (Wildman–Crippen LogP) is 3.38. The first-order valence-electron chi connectivity index (χ1n) is 5.52. The number of carbonyl (C=O) groups is 1. The lowest BCUT2D eigenvalue weighted by Gasteiger charge is -2.05. The molecule has 19 heavy (non-hydrogen) atoms. The Kier molecular flexibility index (Phi) is 4.60. The van der Waals surface area contributed by atoms with E-state index in [0.29, 0.717) is 5.02 Å². The van der Waals surface area contributed by atoms with Gasteiger partial charge < -0.3 is 5.73 Å². The normalized spacial score (nSPS) is 10.8. The molecule has 2 N–H and O–H groups in total. The first kappa shape index (κ1) is 13.6. The molecule has 5 heteroatoms. The largest absolute Gasteiger partial charge is 0.366 e. The molecule has 1 amide bonds. The Hall–Kier alpha value is -1.78. The number of rotatable bonds is 4. The molecule has 0 spiro atoms. The molecular weight excluding hydrogens is 280 g/mol. The van der Waals surface area contributed by atoms with Crippen molar-refractivity contribution in [1.29, 1.82) is 0 Å². The molecule has 0 radical (unpaired) electrons. The van der Waals surface area contributed by atoms with Crippen LogP contribution in [0.1, 0.15) is 5.56 Å². The highest BCUT2D eigenvalue weighted by Gasteiger charge is 2.06. The summed E-state index contributed by atoms with van der Waals surface area (Å²) in [5, 5.41) is 1.44. The average Bonchev–Trinajstić information content (AvgIpc) is 2.40. The molecule has 0 atom stereocenters. The molecule has 0 saturated carbocycles. The van der Waals surface area contributed by atoms with Crippen LogP contribution in [0.15, 0.2) is 58.6 Å². The molecule has 0 bridgehead atoms. The van der Waals surface area contributed by atoms with Crippen LogP contribution in [0.25, 0.3) is 6.08 Å². The zero-order valence-electron chi connectivity index (χ0n) is 9.92. The Morgan fingerprint density at radius 2 is 2.05 bits per heavy atom. The van der Waals surface area contributed by atoms with Gasteiger partial charge in [-0.15, -0.1) is 0 Å². The molecule has 0 unspecified atom stereocenters. The second kappa shape index (κ2) is 6.41. The standard InChI is InChI=1S/C14H11ClN2OS/c15-11-5-1-2-6-12(11)19-14-10(4-3-9-17-14)7-8-13(16)18/h1-9H,(H2,16,18)/b8-7+. The SMILES string of the molecule is NC(=O)/C=C/c1cccnc1Sc1ccccc1Cl. The number of hydrogen-bond donors (Lipinski definition) is 1. The highest BCUT2D eigenvalue weighted by Crippen LogP contribution is 2.33. The highest BCUT2D eigenvalue weighted by atomic mass is 35.5. The van der Waals surface area contributed by atoms with E-state index in [9.17, 15) is 4.79 Å². The fourth-order valence-electron chi connectivity index (χ4n) is 1.42. The van der Waals surface area contributed by atoms with Crippen molar-refractivity contribution < 1.29 is 4.79 Å². The predicted molar refractivity (Wildman–Crippen MR) is 78.0 cm³/mol. The Balaban J connectivity index is 2.30. The van der Waals surface area contributed by atoms with Gasteiger partial charge in [0.15, 0.2) is 0 Å². The van der Waals surface area contributed by atoms with Crippen molar-refractivity contribution in [2.75, 3.05) is 0 Å². The summed E-state index contributed by atoms with van der Waals surface area (Å²) < 4.78 is 0. The van der Waals surface area contributed by atoms with Gasteiger partial charge in [-0.3, -0.25) is 4.79 Å². The number of amides is 1. The molecule has 3 nitrogen and oxygen atoms in total. The van der Waals surface area contributed by atoms with Crippen molar-refractivity contribution in [3.05, 3.63) is 59.3 Å². The number of nitrogens with two attached hydrogens (primary N) is 1. The van der Waals surface area contributed by atoms with Crippen LogP contribution in [0.3, 0.4) is 0 Å². The van der Waals surface area contributed by atoms with Crippen LogP contribution in [0.5, 0.6) is 0 Å². The van der Waals surface area contributed by atoms with Gasteiger partial charge in [0.05, 0.1) is 5.02 Å². The molecule has 0 aliphatic heterocycles. The van der Waals surface area contributed by atoms with Gasteiger partial charge in [-0.1, -0.05) is 41.6 Å². The Bertz CT molecular complexity index is 628. The van der Waals surface area contributed by atoms with Crippen LogP contribution in [0, 0.1) is 0 Å². The lowest BCUT2D eigenvalue weighted by Crippen LogP contribution is -2.05. The zero-order chi connectivity index (χ0) is 13.7. The summed E-state index contributed by atoms with van der Waals surface area (Å²) in [7, 11) is 0. The molecule has 0 aliphatic rings. The molecular formula is C14H11ClN2OS. The summed E-state index contributed by atoms with van der Waals surface area (Å²) >= 11 is 7.56. The van der Waals surface area contributed by atoms with E-state index < -0.39 is 5.91 Å². The van der Waals surface area contributed by atoms with Gasteiger partial charge in [-0.2, -0.15) is 0 Å². The van der Waals surface area contributed by atoms with E-state index in [4.69, 9.17) is 17.3 Å². The number of primary amides is 1. The smallest absolute Gasteiger partial charge is 0.241 e. The molecule has 0 fully saturated rings. The zero-order valence-corrected chi connectivity index (χ0v) is 11.5. The number of nitrogens with zero attached hydrogens (tertiary/aromatic N) is 1. The third kappa shape index (κ3) is 3.84. The summed E-state index contributed by atoms with van der Waals surface area (Å²) in [5.41, 5.74) is 5.92. The maximum atomic E-state index is 10.8. The molecule has 1 heterocycles. The maximum absolute atomic E-state index is 10.8. The van der Waals surface area contributed by atoms with Gasteiger partial charge in [0.25, 0.3) is 0 Å². The van der Waals surface area contributed by atoms with E-state index in [-0.39, 0.29) is 0 Å². The van der Waals surface area contributed by atoms with Crippen molar-refractivity contribution in [3.8, 4) is 0 Å². The van der Waals surface area contributed by atoms with Gasteiger partial charge in [-0.05, 0) is 24.3 Å². The van der Waals surface area contributed by atoms with E-state index in [1.54, 1.807) is 18.3 Å². The summed E-state index contributed by atoms with van der Waals surface area (Å²) in [4.78, 5) is 16.0. The maximum Gasteiger partial charge on any atom is 0.241 e. The van der Waals surface area contributed by atoms with E-state index in [2.05, 4.69) is 4.98 Å². The van der Waals surface area contributed by atoms with Crippen LogP contribution >= 0.6 is 23.4 Å². The van der Waals surface area contributed by atoms with E-state index in [1.165, 1.54) is 17.8 Å². The van der Waals surface area contributed by atoms with E-state index >= 15 is 0 Å². The number of carbonyl (C=O) groups excluding carboxylic acids is 1. The third-order valence-electron chi connectivity index (χ3n) is 2.27. The fraction of sp³-hybridized carbons (Fsp3) is 0. The summed E-state index contributed by atoms with van der Waals surface area (Å²) in [6.45, 7) is 0. The van der Waals surface area contributed by atoms with Crippen LogP contribution in [0.4, 0.5) is 0 Å². The Morgan fingerprint density at radius 3 is 2.79 bits per heavy atom. The number of hydrogen-bond acceptors (Lipinski definition) is 3. The van der Waals surface area contributed by atoms with Crippen molar-refractivity contribution in [2.24, 2.45) is 5.73 Å². The number of pyridine rings is 1. The van der Waals surface area contributed by atoms with Crippen molar-refractivity contribution in [3.63, 3.8) is 0 Å². The van der Waals surface area contributed by atoms with E-state index in [1.807, 2.05) is 30.3 Å². The lowest BCUT2D eigenvalue weighted by atomic mass is 10.2. The van der Waals surface area contributed by atoms with Gasteiger partial charge in [0.2, 0.25) is 5.91 Å². The molecule has 2 aromatic rings. The fourth-order valence-corrected chi connectivity index (χ4v) is 2.56. The Labute approximate surface area is 120 Å². The van der Waals surface area contributed by atoms with Crippen molar-refractivity contribution >= 4 is 35.3 Å². The molecule has 0 aliphatic carbocycles. The summed E-state index contributed by atoms with van der Waals surface area (Å²) in [6, 6.07) is 11.2. The molecule has 1 aromatic carbocycles. The second-order valence-corrected chi connectivity index (χ2v) is 5.10. The average molecular weight is 291 g/mol. The molecule has 96 valence electrons. The second-order valence-electron chi connectivity index (χ2n) is 3.67. The third-order valence-corrected chi connectivity index (χ3v) is 3.82. The van der Waals surface area contributed by atoms with E-state index in [0.717, 1.165) is 15.5 Å². The molecule has 1 aromatic heterocycles. The summed E-state index contributed by atoms with van der Waals surface area (Å²) in [5.74, 6) is -0.488. The number of halogens is 1. The van der Waals surface area contributed by atoms with Gasteiger partial charge in [0.1, 0.15) is 5.03 Å². The van der Waals surface area contributed by atoms with Crippen LogP contribution < -0.4 is 5.73 Å². The minimum atomic E-state index is -0.488. The van der Waals surface area contributed by atoms with Crippen LogP contribution in [-0.4, -0.2) is 10.9 Å². The minimum absolute atomic E-state index is 0.488. The monoisotopic (exact) mass is 290 g/mol. The highest BCUT2D eigenvalue weighted by molar-refractivity contribution is 7.99. The van der Waals surface area contributed by atoms with Gasteiger partial charge >= 0.3 is 0 Å². The molecule has 0 saturated heterocycles. The number of aromatic nitrogens is 1. The van der Waals surface area contributed by atoms with Crippen LogP contribution in [-0.2, 0) is 4.79 Å². The topological polar surface area (TPSA) is 56.0 Å². The Morgan fingerprint density at radius 1 is 1.26 bits per heavy atom.